The number of aryl methyl sites for hydroxylation is 2. The number of carbonyl (C=O) groups is 2. The lowest BCUT2D eigenvalue weighted by atomic mass is 10.1. The van der Waals surface area contributed by atoms with E-state index in [-0.39, 0.29) is 50.2 Å². The normalized spacial score (nSPS) is 15.7. The fourth-order valence-corrected chi connectivity index (χ4v) is 6.57. The molecule has 12 heteroatoms. The number of sulfonamides is 2. The number of carbonyl (C=O) groups excluding carboxylic acids is 2. The number of anilines is 2. The van der Waals surface area contributed by atoms with Crippen molar-refractivity contribution in [1.82, 2.24) is 0 Å². The monoisotopic (exact) mass is 486 g/mol. The first kappa shape index (κ1) is 23.0. The van der Waals surface area contributed by atoms with E-state index in [9.17, 15) is 26.4 Å². The molecular formula is C19H19ClN2O7S2. The number of halogens is 1. The van der Waals surface area contributed by atoms with E-state index in [4.69, 9.17) is 11.6 Å². The van der Waals surface area contributed by atoms with Crippen LogP contribution in [0, 0.1) is 13.8 Å². The van der Waals surface area contributed by atoms with E-state index >= 15 is 0 Å². The number of hydrogen-bond donors (Lipinski definition) is 1. The van der Waals surface area contributed by atoms with E-state index < -0.39 is 31.9 Å². The second-order valence-corrected chi connectivity index (χ2v) is 10.9. The van der Waals surface area contributed by atoms with Crippen LogP contribution in [0.1, 0.15) is 27.9 Å². The Kier molecular flexibility index (Phi) is 6.05. The van der Waals surface area contributed by atoms with Crippen LogP contribution in [-0.2, 0) is 29.6 Å². The molecule has 1 aliphatic heterocycles. The van der Waals surface area contributed by atoms with Gasteiger partial charge in [-0.2, -0.15) is 0 Å². The van der Waals surface area contributed by atoms with E-state index in [0.717, 1.165) is 0 Å². The molecule has 1 aliphatic rings. The molecule has 1 fully saturated rings. The summed E-state index contributed by atoms with van der Waals surface area (Å²) in [5.74, 6) is -1.52. The van der Waals surface area contributed by atoms with Crippen LogP contribution in [0.25, 0.3) is 0 Å². The third-order valence-corrected chi connectivity index (χ3v) is 8.35. The van der Waals surface area contributed by atoms with Crippen LogP contribution in [0.4, 0.5) is 11.4 Å². The van der Waals surface area contributed by atoms with Crippen LogP contribution >= 0.6 is 11.6 Å². The molecule has 0 atom stereocenters. The molecule has 9 nitrogen and oxygen atoms in total. The van der Waals surface area contributed by atoms with E-state index in [2.05, 4.69) is 9.46 Å². The lowest BCUT2D eigenvalue weighted by Crippen LogP contribution is -2.29. The van der Waals surface area contributed by atoms with Crippen molar-refractivity contribution in [1.29, 1.82) is 0 Å². The number of rotatable bonds is 5. The number of hydrogen-bond acceptors (Lipinski definition) is 7. The van der Waals surface area contributed by atoms with Crippen molar-refractivity contribution in [2.45, 2.75) is 25.2 Å². The predicted molar refractivity (Wildman–Crippen MR) is 115 cm³/mol. The molecule has 1 heterocycles. The van der Waals surface area contributed by atoms with Gasteiger partial charge in [0.05, 0.1) is 39.7 Å². The van der Waals surface area contributed by atoms with Gasteiger partial charge in [0.1, 0.15) is 0 Å². The molecule has 0 bridgehead atoms. The van der Waals surface area contributed by atoms with Crippen LogP contribution < -0.4 is 9.03 Å². The Morgan fingerprint density at radius 3 is 2.29 bits per heavy atom. The van der Waals surface area contributed by atoms with Gasteiger partial charge in [-0.3, -0.25) is 9.52 Å². The molecule has 31 heavy (non-hydrogen) atoms. The molecule has 166 valence electrons. The summed E-state index contributed by atoms with van der Waals surface area (Å²) in [4.78, 5) is 23.7. The molecular weight excluding hydrogens is 468 g/mol. The molecule has 2 aromatic rings. The third kappa shape index (κ3) is 4.39. The van der Waals surface area contributed by atoms with Crippen LogP contribution in [0.5, 0.6) is 0 Å². The van der Waals surface area contributed by atoms with E-state index in [1.807, 2.05) is 0 Å². The predicted octanol–water partition coefficient (Wildman–Crippen LogP) is 2.61. The molecule has 0 aromatic heterocycles. The first-order chi connectivity index (χ1) is 14.4. The molecule has 1 amide bonds. The summed E-state index contributed by atoms with van der Waals surface area (Å²) in [6.07, 6.45) is -0.128. The molecule has 3 rings (SSSR count). The highest BCUT2D eigenvalue weighted by Gasteiger charge is 2.37. The van der Waals surface area contributed by atoms with Crippen molar-refractivity contribution in [2.24, 2.45) is 0 Å². The summed E-state index contributed by atoms with van der Waals surface area (Å²) < 4.78 is 58.2. The number of esters is 1. The number of nitrogens with zero attached hydrogens (tertiary/aromatic N) is 1. The van der Waals surface area contributed by atoms with Crippen molar-refractivity contribution in [2.75, 3.05) is 21.9 Å². The minimum Gasteiger partial charge on any atom is -0.465 e. The van der Waals surface area contributed by atoms with Crippen molar-refractivity contribution < 1.29 is 31.2 Å². The summed E-state index contributed by atoms with van der Waals surface area (Å²) in [5, 5.41) is 0.0666. The second-order valence-electron chi connectivity index (χ2n) is 6.92. The maximum Gasteiger partial charge on any atom is 0.337 e. The summed E-state index contributed by atoms with van der Waals surface area (Å²) >= 11 is 6.09. The quantitative estimate of drug-likeness (QED) is 0.643. The number of ether oxygens (including phenoxy) is 1. The fourth-order valence-electron chi connectivity index (χ4n) is 3.38. The van der Waals surface area contributed by atoms with Crippen molar-refractivity contribution in [3.05, 3.63) is 52.0 Å². The van der Waals surface area contributed by atoms with Gasteiger partial charge in [0.2, 0.25) is 15.9 Å². The average molecular weight is 487 g/mol. The van der Waals surface area contributed by atoms with Crippen molar-refractivity contribution in [3.63, 3.8) is 0 Å². The third-order valence-electron chi connectivity index (χ3n) is 4.66. The van der Waals surface area contributed by atoms with Gasteiger partial charge in [-0.25, -0.2) is 25.9 Å². The number of methoxy groups -OCH3 is 1. The van der Waals surface area contributed by atoms with Crippen LogP contribution in [0.15, 0.2) is 35.2 Å². The van der Waals surface area contributed by atoms with Crippen LogP contribution in [0.2, 0.25) is 5.02 Å². The fraction of sp³-hybridized carbons (Fsp3) is 0.263. The first-order valence-corrected chi connectivity index (χ1v) is 12.4. The van der Waals surface area contributed by atoms with Crippen molar-refractivity contribution >= 4 is 54.9 Å². The SMILES string of the molecule is COC(=O)c1ccc(Cl)c(NS(=O)(=O)c2c(C)cc(N3C(=O)CCS3(=O)=O)cc2C)c1. The van der Waals surface area contributed by atoms with Crippen LogP contribution in [-0.4, -0.2) is 41.6 Å². The molecule has 0 unspecified atom stereocenters. The zero-order valence-corrected chi connectivity index (χ0v) is 19.2. The van der Waals surface area contributed by atoms with Crippen molar-refractivity contribution in [3.8, 4) is 0 Å². The topological polar surface area (TPSA) is 127 Å². The Bertz CT molecular complexity index is 1280. The lowest BCUT2D eigenvalue weighted by Gasteiger charge is -2.19. The van der Waals surface area contributed by atoms with E-state index in [1.54, 1.807) is 0 Å². The summed E-state index contributed by atoms with van der Waals surface area (Å²) in [7, 11) is -6.76. The molecule has 0 spiro atoms. The Morgan fingerprint density at radius 1 is 1.16 bits per heavy atom. The molecule has 0 aliphatic carbocycles. The number of amides is 1. The highest BCUT2D eigenvalue weighted by atomic mass is 35.5. The Labute approximate surface area is 185 Å². The Hall–Kier alpha value is -2.63. The largest absolute Gasteiger partial charge is 0.465 e. The number of nitrogens with one attached hydrogen (secondary N) is 1. The summed E-state index contributed by atoms with van der Waals surface area (Å²) in [6, 6.07) is 6.66. The maximum atomic E-state index is 13.1. The van der Waals surface area contributed by atoms with Gasteiger partial charge in [-0.05, 0) is 55.3 Å². The first-order valence-electron chi connectivity index (χ1n) is 8.95. The average Bonchev–Trinajstić information content (AvgIpc) is 2.94. The minimum atomic E-state index is -4.17. The zero-order chi connectivity index (χ0) is 23.1. The Balaban J connectivity index is 2.03. The van der Waals surface area contributed by atoms with Gasteiger partial charge in [-0.15, -0.1) is 0 Å². The highest BCUT2D eigenvalue weighted by Crippen LogP contribution is 2.33. The van der Waals surface area contributed by atoms with Gasteiger partial charge >= 0.3 is 5.97 Å². The highest BCUT2D eigenvalue weighted by molar-refractivity contribution is 7.94. The Morgan fingerprint density at radius 2 is 1.77 bits per heavy atom. The molecule has 1 N–H and O–H groups in total. The van der Waals surface area contributed by atoms with Gasteiger partial charge in [0, 0.05) is 6.42 Å². The maximum absolute atomic E-state index is 13.1. The van der Waals surface area contributed by atoms with Gasteiger partial charge in [-0.1, -0.05) is 11.6 Å². The van der Waals surface area contributed by atoms with Crippen LogP contribution in [0.3, 0.4) is 0 Å². The standard InChI is InChI=1S/C19H19ClN2O7S2/c1-11-8-14(22-17(23)6-7-30(22,25)26)9-12(2)18(11)31(27,28)21-16-10-13(19(24)29-3)4-5-15(16)20/h4-5,8-10,21H,6-7H2,1-3H3. The lowest BCUT2D eigenvalue weighted by molar-refractivity contribution is -0.116. The van der Waals surface area contributed by atoms with Gasteiger partial charge < -0.3 is 4.74 Å². The van der Waals surface area contributed by atoms with E-state index in [0.29, 0.717) is 4.31 Å². The van der Waals surface area contributed by atoms with Gasteiger partial charge in [0.25, 0.3) is 10.0 Å². The second kappa shape index (κ2) is 8.13. The molecule has 0 saturated carbocycles. The molecule has 0 radical (unpaired) electrons. The van der Waals surface area contributed by atoms with Gasteiger partial charge in [0.15, 0.2) is 0 Å². The molecule has 1 saturated heterocycles. The van der Waals surface area contributed by atoms with E-state index in [1.165, 1.54) is 51.3 Å². The number of benzene rings is 2. The molecule has 2 aromatic carbocycles. The zero-order valence-electron chi connectivity index (χ0n) is 16.8. The summed E-state index contributed by atoms with van der Waals surface area (Å²) in [5.41, 5.74) is 0.633. The minimum absolute atomic E-state index is 0.0234. The smallest absolute Gasteiger partial charge is 0.337 e. The summed E-state index contributed by atoms with van der Waals surface area (Å²) in [6.45, 7) is 2.98.